The number of ether oxygens (including phenoxy) is 8. The Morgan fingerprint density at radius 3 is 1.00 bits per heavy atom. The summed E-state index contributed by atoms with van der Waals surface area (Å²) in [6, 6.07) is 0. The number of methoxy groups -OCH3 is 1. The fourth-order valence-corrected chi connectivity index (χ4v) is 1.71. The van der Waals surface area contributed by atoms with Crippen LogP contribution in [-0.2, 0) is 37.9 Å². The first-order chi connectivity index (χ1) is 13.3. The predicted molar refractivity (Wildman–Crippen MR) is 102 cm³/mol. The van der Waals surface area contributed by atoms with Gasteiger partial charge in [-0.15, -0.1) is 0 Å². The zero-order chi connectivity index (χ0) is 19.8. The van der Waals surface area contributed by atoms with Crippen molar-refractivity contribution < 1.29 is 37.9 Å². The molecule has 0 saturated heterocycles. The maximum Gasteiger partial charge on any atom is 0.0704 e. The molecular weight excluding hydrogens is 356 g/mol. The Morgan fingerprint density at radius 1 is 0.481 bits per heavy atom. The summed E-state index contributed by atoms with van der Waals surface area (Å²) in [6.45, 7) is 14.1. The fraction of sp³-hybridized carbons (Fsp3) is 0.895. The van der Waals surface area contributed by atoms with E-state index in [-0.39, 0.29) is 0 Å². The van der Waals surface area contributed by atoms with Crippen LogP contribution in [0.3, 0.4) is 0 Å². The highest BCUT2D eigenvalue weighted by Gasteiger charge is 1.94. The van der Waals surface area contributed by atoms with Gasteiger partial charge in [-0.25, -0.2) is 0 Å². The van der Waals surface area contributed by atoms with E-state index in [9.17, 15) is 0 Å². The molecular formula is C19H38O8. The van der Waals surface area contributed by atoms with Crippen LogP contribution in [0.15, 0.2) is 12.2 Å². The van der Waals surface area contributed by atoms with Crippen molar-refractivity contribution in [1.29, 1.82) is 0 Å². The zero-order valence-corrected chi connectivity index (χ0v) is 17.1. The summed E-state index contributed by atoms with van der Waals surface area (Å²) in [5, 5.41) is 0. The highest BCUT2D eigenvalue weighted by atomic mass is 16.6. The molecule has 0 spiro atoms. The lowest BCUT2D eigenvalue weighted by atomic mass is 10.4. The molecule has 0 aliphatic heterocycles. The Labute approximate surface area is 164 Å². The van der Waals surface area contributed by atoms with Crippen LogP contribution in [0.25, 0.3) is 0 Å². The molecule has 0 bridgehead atoms. The van der Waals surface area contributed by atoms with E-state index in [1.54, 1.807) is 7.11 Å². The van der Waals surface area contributed by atoms with Gasteiger partial charge >= 0.3 is 0 Å². The molecule has 0 saturated carbocycles. The van der Waals surface area contributed by atoms with E-state index in [4.69, 9.17) is 37.9 Å². The van der Waals surface area contributed by atoms with E-state index in [1.807, 2.05) is 6.92 Å². The van der Waals surface area contributed by atoms with E-state index in [1.165, 1.54) is 0 Å². The maximum atomic E-state index is 5.41. The van der Waals surface area contributed by atoms with Crippen molar-refractivity contribution in [3.63, 3.8) is 0 Å². The van der Waals surface area contributed by atoms with Gasteiger partial charge in [0, 0.05) is 7.11 Å². The average Bonchev–Trinajstić information content (AvgIpc) is 2.65. The van der Waals surface area contributed by atoms with Gasteiger partial charge < -0.3 is 37.9 Å². The van der Waals surface area contributed by atoms with Crippen molar-refractivity contribution >= 4 is 0 Å². The minimum Gasteiger partial charge on any atom is -0.382 e. The second kappa shape index (κ2) is 23.5. The van der Waals surface area contributed by atoms with E-state index in [2.05, 4.69) is 6.58 Å². The molecule has 0 radical (unpaired) electrons. The van der Waals surface area contributed by atoms with Gasteiger partial charge in [0.2, 0.25) is 0 Å². The van der Waals surface area contributed by atoms with E-state index in [0.29, 0.717) is 99.1 Å². The van der Waals surface area contributed by atoms with Crippen LogP contribution < -0.4 is 0 Å². The summed E-state index contributed by atoms with van der Waals surface area (Å²) >= 11 is 0. The van der Waals surface area contributed by atoms with Crippen LogP contribution in [0.4, 0.5) is 0 Å². The van der Waals surface area contributed by atoms with Gasteiger partial charge in [-0.3, -0.25) is 0 Å². The van der Waals surface area contributed by atoms with Crippen molar-refractivity contribution in [2.24, 2.45) is 0 Å². The fourth-order valence-electron chi connectivity index (χ4n) is 1.71. The Kier molecular flexibility index (Phi) is 23.0. The zero-order valence-electron chi connectivity index (χ0n) is 17.1. The molecule has 27 heavy (non-hydrogen) atoms. The Hall–Kier alpha value is -0.580. The lowest BCUT2D eigenvalue weighted by Crippen LogP contribution is -2.14. The van der Waals surface area contributed by atoms with Crippen molar-refractivity contribution in [2.45, 2.75) is 6.92 Å². The minimum absolute atomic E-state index is 0.542. The first kappa shape index (κ1) is 26.4. The molecule has 0 N–H and O–H groups in total. The quantitative estimate of drug-likeness (QED) is 0.190. The minimum atomic E-state index is 0.542. The Morgan fingerprint density at radius 2 is 0.741 bits per heavy atom. The van der Waals surface area contributed by atoms with Crippen LogP contribution in [0.2, 0.25) is 0 Å². The number of hydrogen-bond donors (Lipinski definition) is 0. The third-order valence-electron chi connectivity index (χ3n) is 3.01. The van der Waals surface area contributed by atoms with Gasteiger partial charge in [0.25, 0.3) is 0 Å². The second-order valence-corrected chi connectivity index (χ2v) is 5.68. The third-order valence-corrected chi connectivity index (χ3v) is 3.01. The lowest BCUT2D eigenvalue weighted by Gasteiger charge is -2.08. The molecule has 162 valence electrons. The Bertz CT molecular complexity index is 301. The maximum absolute atomic E-state index is 5.41. The summed E-state index contributed by atoms with van der Waals surface area (Å²) in [4.78, 5) is 0. The summed E-state index contributed by atoms with van der Waals surface area (Å²) in [5.74, 6) is 0. The number of hydrogen-bond acceptors (Lipinski definition) is 8. The highest BCUT2D eigenvalue weighted by molar-refractivity contribution is 4.87. The van der Waals surface area contributed by atoms with Crippen LogP contribution in [-0.4, -0.2) is 106 Å². The molecule has 0 unspecified atom stereocenters. The molecule has 8 heteroatoms. The lowest BCUT2D eigenvalue weighted by molar-refractivity contribution is -0.0216. The molecule has 0 aliphatic rings. The first-order valence-corrected chi connectivity index (χ1v) is 9.45. The normalized spacial score (nSPS) is 11.2. The molecule has 0 fully saturated rings. The standard InChI is InChI=1S/C19H38O8/c1-19(2)18-27-17-16-26-15-14-25-13-12-24-11-10-23-9-8-22-7-6-21-5-4-20-3/h1,4-18H2,2-3H3. The molecule has 8 nitrogen and oxygen atoms in total. The first-order valence-electron chi connectivity index (χ1n) is 9.45. The summed E-state index contributed by atoms with van der Waals surface area (Å²) in [7, 11) is 1.65. The molecule has 0 heterocycles. The molecule has 0 aromatic rings. The summed E-state index contributed by atoms with van der Waals surface area (Å²) in [6.07, 6.45) is 0. The van der Waals surface area contributed by atoms with Crippen LogP contribution in [0.1, 0.15) is 6.92 Å². The SMILES string of the molecule is C=C(C)COCCOCCOCCOCCOCCOCCOCCOC. The highest BCUT2D eigenvalue weighted by Crippen LogP contribution is 1.88. The van der Waals surface area contributed by atoms with Crippen LogP contribution in [0.5, 0.6) is 0 Å². The average molecular weight is 395 g/mol. The molecule has 0 rings (SSSR count). The van der Waals surface area contributed by atoms with Crippen LogP contribution >= 0.6 is 0 Å². The molecule has 0 aliphatic carbocycles. The van der Waals surface area contributed by atoms with Gasteiger partial charge in [-0.05, 0) is 6.92 Å². The predicted octanol–water partition coefficient (Wildman–Crippen LogP) is 1.33. The second-order valence-electron chi connectivity index (χ2n) is 5.68. The van der Waals surface area contributed by atoms with E-state index < -0.39 is 0 Å². The monoisotopic (exact) mass is 394 g/mol. The molecule has 0 aromatic carbocycles. The van der Waals surface area contributed by atoms with Gasteiger partial charge in [-0.2, -0.15) is 0 Å². The van der Waals surface area contributed by atoms with Crippen LogP contribution in [0, 0.1) is 0 Å². The molecule has 0 amide bonds. The third kappa shape index (κ3) is 25.4. The molecule has 0 aromatic heterocycles. The van der Waals surface area contributed by atoms with Gasteiger partial charge in [-0.1, -0.05) is 12.2 Å². The van der Waals surface area contributed by atoms with E-state index >= 15 is 0 Å². The Balaban J connectivity index is 2.98. The number of rotatable bonds is 23. The van der Waals surface area contributed by atoms with Crippen molar-refractivity contribution in [2.75, 3.05) is 106 Å². The summed E-state index contributed by atoms with van der Waals surface area (Å²) in [5.41, 5.74) is 1.01. The van der Waals surface area contributed by atoms with Crippen molar-refractivity contribution in [3.8, 4) is 0 Å². The van der Waals surface area contributed by atoms with Crippen molar-refractivity contribution in [3.05, 3.63) is 12.2 Å². The largest absolute Gasteiger partial charge is 0.382 e. The van der Waals surface area contributed by atoms with Crippen molar-refractivity contribution in [1.82, 2.24) is 0 Å². The summed E-state index contributed by atoms with van der Waals surface area (Å²) < 4.78 is 42.4. The van der Waals surface area contributed by atoms with E-state index in [0.717, 1.165) is 5.57 Å². The van der Waals surface area contributed by atoms with Gasteiger partial charge in [0.15, 0.2) is 0 Å². The smallest absolute Gasteiger partial charge is 0.0704 e. The molecule has 0 atom stereocenters. The van der Waals surface area contributed by atoms with Gasteiger partial charge in [0.05, 0.1) is 99.1 Å². The topological polar surface area (TPSA) is 73.8 Å². The van der Waals surface area contributed by atoms with Gasteiger partial charge in [0.1, 0.15) is 0 Å².